The van der Waals surface area contributed by atoms with Gasteiger partial charge in [0.1, 0.15) is 24.3 Å². The lowest BCUT2D eigenvalue weighted by Crippen LogP contribution is -2.15. The van der Waals surface area contributed by atoms with E-state index in [2.05, 4.69) is 11.1 Å². The first kappa shape index (κ1) is 16.4. The van der Waals surface area contributed by atoms with Crippen LogP contribution in [0.4, 0.5) is 0 Å². The van der Waals surface area contributed by atoms with Gasteiger partial charge in [0.15, 0.2) is 11.5 Å². The number of carbonyl (C=O) groups is 1. The molecule has 2 aromatic rings. The molecule has 0 aliphatic carbocycles. The molecule has 3 rings (SSSR count). The van der Waals surface area contributed by atoms with Crippen molar-refractivity contribution in [3.63, 3.8) is 0 Å². The van der Waals surface area contributed by atoms with Crippen molar-refractivity contribution < 1.29 is 19.0 Å². The van der Waals surface area contributed by atoms with Gasteiger partial charge in [-0.2, -0.15) is 5.26 Å². The fraction of sp³-hybridized carbons (Fsp3) is 0.353. The molecule has 124 valence electrons. The van der Waals surface area contributed by atoms with Gasteiger partial charge in [-0.25, -0.2) is 4.98 Å². The molecule has 1 aliphatic heterocycles. The Hall–Kier alpha value is -2.46. The zero-order chi connectivity index (χ0) is 17.1. The molecule has 0 amide bonds. The Bertz CT molecular complexity index is 829. The Morgan fingerprint density at radius 2 is 2.04 bits per heavy atom. The quantitative estimate of drug-likeness (QED) is 0.623. The fourth-order valence-electron chi connectivity index (χ4n) is 2.31. The van der Waals surface area contributed by atoms with Crippen molar-refractivity contribution in [1.29, 1.82) is 5.26 Å². The van der Waals surface area contributed by atoms with Gasteiger partial charge in [0.2, 0.25) is 0 Å². The summed E-state index contributed by atoms with van der Waals surface area (Å²) >= 11 is 1.19. The summed E-state index contributed by atoms with van der Waals surface area (Å²) in [5.41, 5.74) is 1.11. The summed E-state index contributed by atoms with van der Waals surface area (Å²) in [6, 6.07) is 7.48. The van der Waals surface area contributed by atoms with Gasteiger partial charge in [0.25, 0.3) is 0 Å². The van der Waals surface area contributed by atoms with Crippen LogP contribution in [-0.4, -0.2) is 36.0 Å². The molecule has 0 bridgehead atoms. The number of esters is 1. The van der Waals surface area contributed by atoms with E-state index in [4.69, 9.17) is 14.2 Å². The number of fused-ring (bicyclic) bond motifs is 2. The van der Waals surface area contributed by atoms with Crippen LogP contribution in [0.25, 0.3) is 10.9 Å². The molecule has 0 saturated carbocycles. The number of hydrogen-bond acceptors (Lipinski definition) is 7. The molecule has 1 aromatic carbocycles. The van der Waals surface area contributed by atoms with Crippen LogP contribution in [0.1, 0.15) is 19.4 Å². The molecule has 2 heterocycles. The third-order valence-corrected chi connectivity index (χ3v) is 4.22. The predicted molar refractivity (Wildman–Crippen MR) is 89.4 cm³/mol. The Labute approximate surface area is 143 Å². The minimum Gasteiger partial charge on any atom is -0.486 e. The van der Waals surface area contributed by atoms with Gasteiger partial charge >= 0.3 is 5.97 Å². The number of ether oxygens (including phenoxy) is 3. The minimum atomic E-state index is -0.331. The average Bonchev–Trinajstić information content (AvgIpc) is 2.56. The van der Waals surface area contributed by atoms with E-state index in [1.165, 1.54) is 11.8 Å². The summed E-state index contributed by atoms with van der Waals surface area (Å²) in [6.07, 6.45) is -0.165. The second kappa shape index (κ2) is 6.97. The number of rotatable bonds is 4. The highest BCUT2D eigenvalue weighted by Gasteiger charge is 2.16. The predicted octanol–water partition coefficient (Wildman–Crippen LogP) is 2.92. The van der Waals surface area contributed by atoms with Gasteiger partial charge in [-0.15, -0.1) is 0 Å². The highest BCUT2D eigenvalue weighted by atomic mass is 32.2. The molecule has 0 spiro atoms. The van der Waals surface area contributed by atoms with E-state index < -0.39 is 0 Å². The molecule has 0 N–H and O–H groups in total. The number of benzene rings is 1. The van der Waals surface area contributed by atoms with E-state index >= 15 is 0 Å². The highest BCUT2D eigenvalue weighted by Crippen LogP contribution is 2.35. The Morgan fingerprint density at radius 1 is 1.33 bits per heavy atom. The van der Waals surface area contributed by atoms with Crippen LogP contribution < -0.4 is 9.47 Å². The number of carbonyl (C=O) groups excluding carboxylic acids is 1. The zero-order valence-corrected chi connectivity index (χ0v) is 14.2. The third-order valence-electron chi connectivity index (χ3n) is 3.26. The van der Waals surface area contributed by atoms with E-state index in [0.29, 0.717) is 40.8 Å². The lowest BCUT2D eigenvalue weighted by atomic mass is 10.1. The van der Waals surface area contributed by atoms with Crippen LogP contribution in [0.15, 0.2) is 23.2 Å². The van der Waals surface area contributed by atoms with Crippen LogP contribution in [0, 0.1) is 11.3 Å². The summed E-state index contributed by atoms with van der Waals surface area (Å²) in [7, 11) is 0. The number of thioether (sulfide) groups is 1. The molecular formula is C17H16N2O4S. The lowest BCUT2D eigenvalue weighted by molar-refractivity contribution is -0.144. The summed E-state index contributed by atoms with van der Waals surface area (Å²) in [5, 5.41) is 10.6. The second-order valence-electron chi connectivity index (χ2n) is 5.47. The summed E-state index contributed by atoms with van der Waals surface area (Å²) in [5.74, 6) is 1.07. The molecule has 1 aromatic heterocycles. The highest BCUT2D eigenvalue weighted by molar-refractivity contribution is 7.99. The molecule has 0 atom stereocenters. The first-order valence-electron chi connectivity index (χ1n) is 7.53. The van der Waals surface area contributed by atoms with E-state index in [9.17, 15) is 10.1 Å². The topological polar surface area (TPSA) is 81.4 Å². The number of nitrogens with zero attached hydrogens (tertiary/aromatic N) is 2. The van der Waals surface area contributed by atoms with E-state index in [-0.39, 0.29) is 17.8 Å². The van der Waals surface area contributed by atoms with Gasteiger partial charge in [0, 0.05) is 11.5 Å². The number of nitriles is 1. The molecule has 24 heavy (non-hydrogen) atoms. The minimum absolute atomic E-state index is 0.107. The molecule has 0 radical (unpaired) electrons. The smallest absolute Gasteiger partial charge is 0.316 e. The molecule has 6 nitrogen and oxygen atoms in total. The van der Waals surface area contributed by atoms with Gasteiger partial charge < -0.3 is 14.2 Å². The summed E-state index contributed by atoms with van der Waals surface area (Å²) in [4.78, 5) is 16.2. The van der Waals surface area contributed by atoms with Gasteiger partial charge in [-0.05, 0) is 26.0 Å². The average molecular weight is 344 g/mol. The van der Waals surface area contributed by atoms with Crippen molar-refractivity contribution in [3.05, 3.63) is 23.8 Å². The number of hydrogen-bond donors (Lipinski definition) is 0. The first-order valence-corrected chi connectivity index (χ1v) is 8.52. The van der Waals surface area contributed by atoms with Crippen molar-refractivity contribution in [1.82, 2.24) is 4.98 Å². The maximum atomic E-state index is 11.7. The van der Waals surface area contributed by atoms with Crippen LogP contribution in [0.3, 0.4) is 0 Å². The summed E-state index contributed by atoms with van der Waals surface area (Å²) < 4.78 is 16.2. The number of pyridine rings is 1. The SMILES string of the molecule is CC(C)OC(=O)CSc1nc2cc3c(cc2cc1C#N)OCCO3. The molecule has 0 saturated heterocycles. The van der Waals surface area contributed by atoms with Gasteiger partial charge in [-0.3, -0.25) is 4.79 Å². The third kappa shape index (κ3) is 3.54. The van der Waals surface area contributed by atoms with Gasteiger partial charge in [0.05, 0.1) is 22.9 Å². The van der Waals surface area contributed by atoms with Crippen molar-refractivity contribution in [3.8, 4) is 17.6 Å². The van der Waals surface area contributed by atoms with E-state index in [0.717, 1.165) is 5.39 Å². The molecule has 0 fully saturated rings. The van der Waals surface area contributed by atoms with Crippen molar-refractivity contribution in [2.75, 3.05) is 19.0 Å². The maximum absolute atomic E-state index is 11.7. The molecule has 0 unspecified atom stereocenters. The van der Waals surface area contributed by atoms with Crippen LogP contribution in [0.5, 0.6) is 11.5 Å². The van der Waals surface area contributed by atoms with Crippen LogP contribution in [-0.2, 0) is 9.53 Å². The van der Waals surface area contributed by atoms with Gasteiger partial charge in [-0.1, -0.05) is 11.8 Å². The normalized spacial score (nSPS) is 12.9. The van der Waals surface area contributed by atoms with E-state index in [1.807, 2.05) is 6.07 Å². The monoisotopic (exact) mass is 344 g/mol. The standard InChI is InChI=1S/C17H16N2O4S/c1-10(2)23-16(20)9-24-17-12(8-18)5-11-6-14-15(7-13(11)19-17)22-4-3-21-14/h5-7,10H,3-4,9H2,1-2H3. The Morgan fingerprint density at radius 3 is 2.71 bits per heavy atom. The Balaban J connectivity index is 1.90. The lowest BCUT2D eigenvalue weighted by Gasteiger charge is -2.18. The molecule has 1 aliphatic rings. The number of aromatic nitrogens is 1. The first-order chi connectivity index (χ1) is 11.6. The summed E-state index contributed by atoms with van der Waals surface area (Å²) in [6.45, 7) is 4.59. The van der Waals surface area contributed by atoms with Crippen molar-refractivity contribution in [2.45, 2.75) is 25.0 Å². The van der Waals surface area contributed by atoms with Crippen LogP contribution in [0.2, 0.25) is 0 Å². The van der Waals surface area contributed by atoms with Crippen molar-refractivity contribution >= 4 is 28.6 Å². The van der Waals surface area contributed by atoms with Crippen molar-refractivity contribution in [2.24, 2.45) is 0 Å². The Kier molecular flexibility index (Phi) is 4.76. The maximum Gasteiger partial charge on any atom is 0.316 e. The fourth-order valence-corrected chi connectivity index (χ4v) is 3.05. The second-order valence-corrected chi connectivity index (χ2v) is 6.43. The zero-order valence-electron chi connectivity index (χ0n) is 13.4. The van der Waals surface area contributed by atoms with Crippen LogP contribution >= 0.6 is 11.8 Å². The molecule has 7 heteroatoms. The largest absolute Gasteiger partial charge is 0.486 e. The molecular weight excluding hydrogens is 328 g/mol. The van der Waals surface area contributed by atoms with E-state index in [1.54, 1.807) is 26.0 Å².